The molecular formula is C29H46NaO5P. The molecule has 36 heavy (non-hydrogen) atoms. The van der Waals surface area contributed by atoms with E-state index in [1.54, 1.807) is 18.2 Å². The van der Waals surface area contributed by atoms with Crippen LogP contribution in [-0.2, 0) is 23.8 Å². The van der Waals surface area contributed by atoms with Crippen LogP contribution in [-0.4, -0.2) is 14.9 Å². The molecule has 0 saturated heterocycles. The van der Waals surface area contributed by atoms with Gasteiger partial charge in [-0.05, 0) is 66.5 Å². The zero-order valence-corrected chi connectivity index (χ0v) is 25.6. The summed E-state index contributed by atoms with van der Waals surface area (Å²) in [5.41, 5.74) is 3.91. The molecule has 0 radical (unpaired) electrons. The summed E-state index contributed by atoms with van der Waals surface area (Å²) in [4.78, 5) is 18.9. The van der Waals surface area contributed by atoms with Crippen molar-refractivity contribution in [1.29, 1.82) is 0 Å². The number of unbranched alkanes of at least 4 members (excludes halogenated alkanes) is 10. The van der Waals surface area contributed by atoms with Gasteiger partial charge in [0.05, 0.1) is 0 Å². The third kappa shape index (κ3) is 12.6. The van der Waals surface area contributed by atoms with Gasteiger partial charge in [-0.1, -0.05) is 102 Å². The smallest absolute Gasteiger partial charge is 1.00 e. The Hall–Kier alpha value is -0.810. The van der Waals surface area contributed by atoms with E-state index < -0.39 is 7.82 Å². The maximum absolute atomic E-state index is 11.6. The standard InChI is InChI=1S/C29H45O5P.Na.H/c1-3-5-7-9-11-13-19-26-24(17-15-21-28(26)30)23-25-18-16-22-29(34-35(31,32)33)27(25)20-14-12-10-8-6-4-2;;/h15-18,21-22,30H,3-14,19-20,23H2,1-2H3,(H2,31,32,33);;/q;+1;-1. The molecule has 0 spiro atoms. The Morgan fingerprint density at radius 3 is 1.75 bits per heavy atom. The van der Waals surface area contributed by atoms with Gasteiger partial charge in [-0.2, -0.15) is 0 Å². The summed E-state index contributed by atoms with van der Waals surface area (Å²) in [6.45, 7) is 4.42. The molecule has 0 fully saturated rings. The fourth-order valence-electron chi connectivity index (χ4n) is 4.72. The Balaban J connectivity index is 0.00000648. The molecule has 3 N–H and O–H groups in total. The van der Waals surface area contributed by atoms with Gasteiger partial charge in [0.1, 0.15) is 11.5 Å². The Labute approximate surface area is 242 Å². The number of rotatable bonds is 18. The predicted octanol–water partition coefficient (Wildman–Crippen LogP) is 5.38. The second kappa shape index (κ2) is 18.4. The Kier molecular flexibility index (Phi) is 17.0. The van der Waals surface area contributed by atoms with Gasteiger partial charge in [-0.15, -0.1) is 0 Å². The number of aromatic hydroxyl groups is 1. The summed E-state index contributed by atoms with van der Waals surface area (Å²) in [6.07, 6.45) is 16.2. The average molecular weight is 529 g/mol. The summed E-state index contributed by atoms with van der Waals surface area (Å²) in [7, 11) is -4.65. The zero-order valence-electron chi connectivity index (χ0n) is 23.7. The number of benzene rings is 2. The first-order valence-corrected chi connectivity index (χ1v) is 15.0. The molecule has 0 aliphatic heterocycles. The van der Waals surface area contributed by atoms with Crippen LogP contribution in [0.4, 0.5) is 0 Å². The van der Waals surface area contributed by atoms with Gasteiger partial charge in [0.15, 0.2) is 0 Å². The molecule has 5 nitrogen and oxygen atoms in total. The minimum Gasteiger partial charge on any atom is -1.00 e. The van der Waals surface area contributed by atoms with Crippen molar-refractivity contribution in [2.24, 2.45) is 0 Å². The van der Waals surface area contributed by atoms with Crippen LogP contribution < -0.4 is 34.1 Å². The number of phenols is 1. The minimum absolute atomic E-state index is 0. The second-order valence-corrected chi connectivity index (χ2v) is 10.8. The number of phosphoric acid groups is 1. The van der Waals surface area contributed by atoms with Crippen molar-refractivity contribution < 1.29 is 55.0 Å². The SMILES string of the molecule is CCCCCCCCc1c(O)cccc1Cc1cccc(OP(=O)(O)O)c1CCCCCCCC.[H-].[Na+]. The monoisotopic (exact) mass is 528 g/mol. The zero-order chi connectivity index (χ0) is 25.5. The largest absolute Gasteiger partial charge is 1.00 e. The summed E-state index contributed by atoms with van der Waals surface area (Å²) in [5, 5.41) is 10.6. The van der Waals surface area contributed by atoms with Gasteiger partial charge in [-0.25, -0.2) is 4.57 Å². The third-order valence-electron chi connectivity index (χ3n) is 6.64. The number of hydrogen-bond acceptors (Lipinski definition) is 3. The summed E-state index contributed by atoms with van der Waals surface area (Å²) >= 11 is 0. The molecule has 2 aromatic rings. The molecule has 0 bridgehead atoms. The third-order valence-corrected chi connectivity index (χ3v) is 7.07. The van der Waals surface area contributed by atoms with Crippen LogP contribution in [0.3, 0.4) is 0 Å². The van der Waals surface area contributed by atoms with E-state index in [1.807, 2.05) is 12.1 Å². The van der Waals surface area contributed by atoms with E-state index in [9.17, 15) is 19.5 Å². The number of phosphoric ester groups is 1. The van der Waals surface area contributed by atoms with Crippen molar-refractivity contribution in [2.45, 2.75) is 110 Å². The first-order valence-electron chi connectivity index (χ1n) is 13.5. The van der Waals surface area contributed by atoms with Crippen LogP contribution in [0.5, 0.6) is 11.5 Å². The fraction of sp³-hybridized carbons (Fsp3) is 0.586. The Morgan fingerprint density at radius 2 is 1.19 bits per heavy atom. The topological polar surface area (TPSA) is 87.0 Å². The fourth-order valence-corrected chi connectivity index (χ4v) is 5.15. The van der Waals surface area contributed by atoms with Crippen molar-refractivity contribution in [3.8, 4) is 11.5 Å². The van der Waals surface area contributed by atoms with Crippen LogP contribution in [0.2, 0.25) is 0 Å². The number of phenolic OH excluding ortho intramolecular Hbond substituents is 1. The van der Waals surface area contributed by atoms with Crippen LogP contribution in [0.15, 0.2) is 36.4 Å². The molecule has 0 unspecified atom stereocenters. The van der Waals surface area contributed by atoms with Gasteiger partial charge in [0.25, 0.3) is 0 Å². The molecule has 0 atom stereocenters. The van der Waals surface area contributed by atoms with Gasteiger partial charge in [-0.3, -0.25) is 9.79 Å². The predicted molar refractivity (Wildman–Crippen MR) is 145 cm³/mol. The van der Waals surface area contributed by atoms with Gasteiger partial charge in [0, 0.05) is 0 Å². The van der Waals surface area contributed by atoms with Crippen molar-refractivity contribution in [3.63, 3.8) is 0 Å². The Morgan fingerprint density at radius 1 is 0.722 bits per heavy atom. The van der Waals surface area contributed by atoms with Crippen LogP contribution in [0.1, 0.15) is 115 Å². The molecule has 0 amide bonds. The van der Waals surface area contributed by atoms with E-state index in [-0.39, 0.29) is 36.7 Å². The molecule has 0 aromatic heterocycles. The van der Waals surface area contributed by atoms with Crippen LogP contribution in [0.25, 0.3) is 0 Å². The Bertz CT molecular complexity index is 935. The van der Waals surface area contributed by atoms with Crippen LogP contribution in [0, 0.1) is 0 Å². The molecule has 7 heteroatoms. The summed E-state index contributed by atoms with van der Waals surface area (Å²) in [5.74, 6) is 0.596. The molecule has 2 aromatic carbocycles. The summed E-state index contributed by atoms with van der Waals surface area (Å²) < 4.78 is 16.7. The quantitative estimate of drug-likeness (QED) is 0.137. The first kappa shape index (κ1) is 33.2. The average Bonchev–Trinajstić information content (AvgIpc) is 2.80. The molecule has 2 rings (SSSR count). The van der Waals surface area contributed by atoms with Crippen molar-refractivity contribution in [2.75, 3.05) is 0 Å². The van der Waals surface area contributed by atoms with E-state index in [0.29, 0.717) is 18.6 Å². The van der Waals surface area contributed by atoms with E-state index in [4.69, 9.17) is 4.52 Å². The maximum Gasteiger partial charge on any atom is 1.00 e. The van der Waals surface area contributed by atoms with E-state index in [0.717, 1.165) is 54.4 Å². The number of hydrogen-bond donors (Lipinski definition) is 3. The second-order valence-electron chi connectivity index (χ2n) is 9.60. The van der Waals surface area contributed by atoms with E-state index in [2.05, 4.69) is 19.9 Å². The molecule has 0 aliphatic carbocycles. The summed E-state index contributed by atoms with van der Waals surface area (Å²) in [6, 6.07) is 11.1. The maximum atomic E-state index is 11.6. The van der Waals surface area contributed by atoms with Gasteiger partial charge >= 0.3 is 37.4 Å². The van der Waals surface area contributed by atoms with E-state index in [1.165, 1.54) is 51.4 Å². The molecular weight excluding hydrogens is 482 g/mol. The van der Waals surface area contributed by atoms with Gasteiger partial charge in [0.2, 0.25) is 0 Å². The van der Waals surface area contributed by atoms with E-state index >= 15 is 0 Å². The molecule has 0 aliphatic rings. The molecule has 0 saturated carbocycles. The van der Waals surface area contributed by atoms with Crippen molar-refractivity contribution in [1.82, 2.24) is 0 Å². The normalized spacial score (nSPS) is 11.3. The van der Waals surface area contributed by atoms with Crippen molar-refractivity contribution >= 4 is 7.82 Å². The van der Waals surface area contributed by atoms with Crippen molar-refractivity contribution in [3.05, 3.63) is 58.7 Å². The molecule has 0 heterocycles. The molecule has 198 valence electrons. The first-order chi connectivity index (χ1) is 16.9. The minimum atomic E-state index is -4.65. The van der Waals surface area contributed by atoms with Crippen LogP contribution >= 0.6 is 7.82 Å². The van der Waals surface area contributed by atoms with Gasteiger partial charge < -0.3 is 11.1 Å².